The number of nitrogens with two attached hydrogens (primary N) is 1. The van der Waals surface area contributed by atoms with Gasteiger partial charge in [0.05, 0.1) is 13.2 Å². The van der Waals surface area contributed by atoms with Crippen LogP contribution in [0.4, 0.5) is 5.69 Å². The van der Waals surface area contributed by atoms with Crippen molar-refractivity contribution < 1.29 is 9.47 Å². The highest BCUT2D eigenvalue weighted by Crippen LogP contribution is 2.34. The number of rotatable bonds is 4. The maximum absolute atomic E-state index is 5.95. The number of hydrogen-bond acceptors (Lipinski definition) is 3. The molecule has 2 rings (SSSR count). The number of benzene rings is 2. The summed E-state index contributed by atoms with van der Waals surface area (Å²) in [5.41, 5.74) is 6.70. The molecule has 0 aromatic heterocycles. The molecule has 0 bridgehead atoms. The number of nitrogen functional groups attached to an aromatic ring is 1. The van der Waals surface area contributed by atoms with Crippen LogP contribution < -0.4 is 15.2 Å². The van der Waals surface area contributed by atoms with Gasteiger partial charge in [0.2, 0.25) is 0 Å². The summed E-state index contributed by atoms with van der Waals surface area (Å²) in [7, 11) is 0. The summed E-state index contributed by atoms with van der Waals surface area (Å²) >= 11 is 0. The molecular formula is C14H17NO2. The van der Waals surface area contributed by atoms with Gasteiger partial charge in [0.25, 0.3) is 0 Å². The minimum absolute atomic E-state index is 0.609. The lowest BCUT2D eigenvalue weighted by Gasteiger charge is -2.13. The highest BCUT2D eigenvalue weighted by atomic mass is 16.5. The lowest BCUT2D eigenvalue weighted by Crippen LogP contribution is -1.99. The largest absolute Gasteiger partial charge is 0.490 e. The average Bonchev–Trinajstić information content (AvgIpc) is 2.32. The van der Waals surface area contributed by atoms with Crippen LogP contribution in [0.1, 0.15) is 13.8 Å². The number of hydrogen-bond donors (Lipinski definition) is 1. The topological polar surface area (TPSA) is 44.5 Å². The Morgan fingerprint density at radius 3 is 2.29 bits per heavy atom. The van der Waals surface area contributed by atoms with Crippen molar-refractivity contribution in [1.82, 2.24) is 0 Å². The first kappa shape index (κ1) is 11.6. The fraction of sp³-hybridized carbons (Fsp3) is 0.286. The fourth-order valence-corrected chi connectivity index (χ4v) is 1.85. The van der Waals surface area contributed by atoms with E-state index in [0.717, 1.165) is 28.0 Å². The Bertz CT molecular complexity index is 523. The van der Waals surface area contributed by atoms with Crippen molar-refractivity contribution in [2.24, 2.45) is 0 Å². The van der Waals surface area contributed by atoms with Gasteiger partial charge < -0.3 is 15.2 Å². The molecule has 0 saturated carbocycles. The minimum Gasteiger partial charge on any atom is -0.490 e. The van der Waals surface area contributed by atoms with Crippen LogP contribution >= 0.6 is 0 Å². The second-order valence-electron chi connectivity index (χ2n) is 3.73. The van der Waals surface area contributed by atoms with E-state index < -0.39 is 0 Å². The highest BCUT2D eigenvalue weighted by Gasteiger charge is 2.08. The average molecular weight is 231 g/mol. The molecule has 0 saturated heterocycles. The van der Waals surface area contributed by atoms with Gasteiger partial charge in [0, 0.05) is 11.1 Å². The lowest BCUT2D eigenvalue weighted by atomic mass is 10.1. The normalized spacial score (nSPS) is 10.5. The molecule has 0 spiro atoms. The monoisotopic (exact) mass is 231 g/mol. The molecule has 3 nitrogen and oxygen atoms in total. The third-order valence-electron chi connectivity index (χ3n) is 2.58. The van der Waals surface area contributed by atoms with Crippen LogP contribution in [0.5, 0.6) is 11.5 Å². The third kappa shape index (κ3) is 2.28. The van der Waals surface area contributed by atoms with E-state index in [0.29, 0.717) is 13.2 Å². The molecular weight excluding hydrogens is 214 g/mol. The van der Waals surface area contributed by atoms with Crippen LogP contribution in [0.2, 0.25) is 0 Å². The first-order valence-corrected chi connectivity index (χ1v) is 5.84. The van der Waals surface area contributed by atoms with Gasteiger partial charge in [-0.15, -0.1) is 0 Å². The summed E-state index contributed by atoms with van der Waals surface area (Å²) < 4.78 is 11.1. The molecule has 0 aliphatic rings. The highest BCUT2D eigenvalue weighted by molar-refractivity contribution is 5.95. The Kier molecular flexibility index (Phi) is 3.38. The molecule has 0 unspecified atom stereocenters. The van der Waals surface area contributed by atoms with E-state index in [-0.39, 0.29) is 0 Å². The van der Waals surface area contributed by atoms with E-state index in [1.807, 2.05) is 44.2 Å². The van der Waals surface area contributed by atoms with E-state index in [1.54, 1.807) is 0 Å². The molecule has 3 heteroatoms. The minimum atomic E-state index is 0.609. The molecule has 90 valence electrons. The maximum atomic E-state index is 5.95. The molecule has 0 amide bonds. The Morgan fingerprint density at radius 1 is 1.00 bits per heavy atom. The first-order chi connectivity index (χ1) is 8.26. The Labute approximate surface area is 101 Å². The van der Waals surface area contributed by atoms with Gasteiger partial charge in [-0.3, -0.25) is 0 Å². The molecule has 17 heavy (non-hydrogen) atoms. The van der Waals surface area contributed by atoms with Crippen molar-refractivity contribution in [2.45, 2.75) is 13.8 Å². The molecule has 2 aromatic rings. The standard InChI is InChI=1S/C14H17NO2/c1-3-16-13-8-10-6-5-7-12(15)11(10)9-14(13)17-4-2/h5-9H,3-4,15H2,1-2H3. The van der Waals surface area contributed by atoms with E-state index in [4.69, 9.17) is 15.2 Å². The molecule has 0 fully saturated rings. The SMILES string of the molecule is CCOc1cc2cccc(N)c2cc1OCC. The Hall–Kier alpha value is -1.90. The van der Waals surface area contributed by atoms with Gasteiger partial charge in [0.1, 0.15) is 0 Å². The zero-order chi connectivity index (χ0) is 12.3. The van der Waals surface area contributed by atoms with E-state index in [1.165, 1.54) is 0 Å². The predicted molar refractivity (Wildman–Crippen MR) is 70.7 cm³/mol. The van der Waals surface area contributed by atoms with Crippen molar-refractivity contribution in [1.29, 1.82) is 0 Å². The summed E-state index contributed by atoms with van der Waals surface area (Å²) in [6.45, 7) is 5.14. The quantitative estimate of drug-likeness (QED) is 0.822. The van der Waals surface area contributed by atoms with Crippen LogP contribution in [-0.2, 0) is 0 Å². The molecule has 0 heterocycles. The van der Waals surface area contributed by atoms with Crippen LogP contribution in [0, 0.1) is 0 Å². The molecule has 0 radical (unpaired) electrons. The van der Waals surface area contributed by atoms with Gasteiger partial charge >= 0.3 is 0 Å². The lowest BCUT2D eigenvalue weighted by molar-refractivity contribution is 0.288. The molecule has 2 N–H and O–H groups in total. The van der Waals surface area contributed by atoms with Crippen molar-refractivity contribution in [3.63, 3.8) is 0 Å². The molecule has 0 atom stereocenters. The van der Waals surface area contributed by atoms with Crippen molar-refractivity contribution >= 4 is 16.5 Å². The Morgan fingerprint density at radius 2 is 1.65 bits per heavy atom. The molecule has 0 aliphatic carbocycles. The van der Waals surface area contributed by atoms with Gasteiger partial charge in [-0.2, -0.15) is 0 Å². The fourth-order valence-electron chi connectivity index (χ4n) is 1.85. The number of ether oxygens (including phenoxy) is 2. The van der Waals surface area contributed by atoms with Crippen LogP contribution in [-0.4, -0.2) is 13.2 Å². The first-order valence-electron chi connectivity index (χ1n) is 5.84. The van der Waals surface area contributed by atoms with E-state index in [2.05, 4.69) is 0 Å². The van der Waals surface area contributed by atoms with Crippen molar-refractivity contribution in [3.8, 4) is 11.5 Å². The molecule has 2 aromatic carbocycles. The summed E-state index contributed by atoms with van der Waals surface area (Å²) in [6, 6.07) is 9.76. The maximum Gasteiger partial charge on any atom is 0.161 e. The summed E-state index contributed by atoms with van der Waals surface area (Å²) in [6.07, 6.45) is 0. The summed E-state index contributed by atoms with van der Waals surface area (Å²) in [4.78, 5) is 0. The van der Waals surface area contributed by atoms with Crippen molar-refractivity contribution in [3.05, 3.63) is 30.3 Å². The second kappa shape index (κ2) is 4.95. The zero-order valence-electron chi connectivity index (χ0n) is 10.2. The van der Waals surface area contributed by atoms with E-state index >= 15 is 0 Å². The summed E-state index contributed by atoms with van der Waals surface area (Å²) in [5.74, 6) is 1.52. The third-order valence-corrected chi connectivity index (χ3v) is 2.58. The van der Waals surface area contributed by atoms with Crippen molar-refractivity contribution in [2.75, 3.05) is 18.9 Å². The number of fused-ring (bicyclic) bond motifs is 1. The van der Waals surface area contributed by atoms with Crippen LogP contribution in [0.3, 0.4) is 0 Å². The predicted octanol–water partition coefficient (Wildman–Crippen LogP) is 3.22. The van der Waals surface area contributed by atoms with Crippen LogP contribution in [0.15, 0.2) is 30.3 Å². The van der Waals surface area contributed by atoms with Gasteiger partial charge in [-0.25, -0.2) is 0 Å². The zero-order valence-corrected chi connectivity index (χ0v) is 10.2. The Balaban J connectivity index is 2.59. The van der Waals surface area contributed by atoms with Gasteiger partial charge in [0.15, 0.2) is 11.5 Å². The van der Waals surface area contributed by atoms with Crippen LogP contribution in [0.25, 0.3) is 10.8 Å². The summed E-state index contributed by atoms with van der Waals surface area (Å²) in [5, 5.41) is 2.07. The van der Waals surface area contributed by atoms with E-state index in [9.17, 15) is 0 Å². The second-order valence-corrected chi connectivity index (χ2v) is 3.73. The van der Waals surface area contributed by atoms with Gasteiger partial charge in [-0.05, 0) is 37.4 Å². The molecule has 0 aliphatic heterocycles. The van der Waals surface area contributed by atoms with Gasteiger partial charge in [-0.1, -0.05) is 12.1 Å². The number of anilines is 1. The smallest absolute Gasteiger partial charge is 0.161 e.